The summed E-state index contributed by atoms with van der Waals surface area (Å²) in [6.45, 7) is 0.475. The van der Waals surface area contributed by atoms with Crippen molar-refractivity contribution in [3.63, 3.8) is 0 Å². The van der Waals surface area contributed by atoms with Gasteiger partial charge in [-0.05, 0) is 0 Å². The maximum absolute atomic E-state index is 11.5. The van der Waals surface area contributed by atoms with Crippen molar-refractivity contribution in [3.05, 3.63) is 0 Å². The summed E-state index contributed by atoms with van der Waals surface area (Å²) in [7, 11) is 4.30. The number of hydrogen-bond acceptors (Lipinski definition) is 9. The first-order valence-corrected chi connectivity index (χ1v) is 10.7. The first-order valence-electron chi connectivity index (χ1n) is 6.42. The zero-order valence-electron chi connectivity index (χ0n) is 12.9. The average Bonchev–Trinajstić information content (AvgIpc) is 2.48. The zero-order chi connectivity index (χ0) is 16.8. The minimum absolute atomic E-state index is 0.0203. The van der Waals surface area contributed by atoms with E-state index in [4.69, 9.17) is 22.7 Å². The summed E-state index contributed by atoms with van der Waals surface area (Å²) >= 11 is -3.96. The number of carbonyl (C=O) groups is 3. The Bertz CT molecular complexity index is 295. The van der Waals surface area contributed by atoms with E-state index >= 15 is 0 Å². The number of hydrogen-bond donors (Lipinski definition) is 0. The molecule has 0 spiro atoms. The van der Waals surface area contributed by atoms with Crippen LogP contribution in [0.15, 0.2) is 0 Å². The van der Waals surface area contributed by atoms with Crippen LogP contribution in [0.2, 0.25) is 0 Å². The molecule has 0 aromatic rings. The minimum atomic E-state index is -3.96. The fourth-order valence-electron chi connectivity index (χ4n) is 0.998. The number of carbonyl (C=O) groups excluding carboxylic acids is 3. The van der Waals surface area contributed by atoms with E-state index in [1.807, 2.05) is 0 Å². The Morgan fingerprint density at radius 2 is 0.909 bits per heavy atom. The van der Waals surface area contributed by atoms with E-state index in [0.29, 0.717) is 0 Å². The molecule has 0 amide bonds. The molecule has 22 heavy (non-hydrogen) atoms. The summed E-state index contributed by atoms with van der Waals surface area (Å²) in [4.78, 5) is 34.6. The Morgan fingerprint density at radius 1 is 0.636 bits per heavy atom. The standard InChI is InChI=1S/3C4H8O3.Bi/c3*1-7-3-2-4(5)6;/h3*2-3H2,1H3,(H,5,6);/q;;;+3/p-3. The van der Waals surface area contributed by atoms with Crippen molar-refractivity contribution in [2.24, 2.45) is 0 Å². The first-order chi connectivity index (χ1) is 10.5. The van der Waals surface area contributed by atoms with Gasteiger partial charge in [-0.1, -0.05) is 0 Å². The van der Waals surface area contributed by atoms with Crippen LogP contribution >= 0.6 is 0 Å². The molecule has 9 nitrogen and oxygen atoms in total. The molecule has 0 aliphatic heterocycles. The van der Waals surface area contributed by atoms with E-state index in [2.05, 4.69) is 0 Å². The van der Waals surface area contributed by atoms with Gasteiger partial charge in [-0.2, -0.15) is 0 Å². The molecule has 0 atom stereocenters. The van der Waals surface area contributed by atoms with E-state index in [0.717, 1.165) is 0 Å². The molecule has 0 fully saturated rings. The third-order valence-corrected chi connectivity index (χ3v) is 6.17. The fraction of sp³-hybridized carbons (Fsp3) is 0.750. The molecule has 0 aliphatic rings. The van der Waals surface area contributed by atoms with Crippen LogP contribution in [0.1, 0.15) is 19.3 Å². The third kappa shape index (κ3) is 11.8. The molecule has 0 rings (SSSR count). The van der Waals surface area contributed by atoms with Gasteiger partial charge in [0.25, 0.3) is 0 Å². The van der Waals surface area contributed by atoms with Gasteiger partial charge in [-0.3, -0.25) is 0 Å². The van der Waals surface area contributed by atoms with E-state index < -0.39 is 41.0 Å². The summed E-state index contributed by atoms with van der Waals surface area (Å²) in [5.41, 5.74) is 0. The molecular formula is C12H21BiO9. The fourth-order valence-corrected chi connectivity index (χ4v) is 4.44. The summed E-state index contributed by atoms with van der Waals surface area (Å²) in [5.74, 6) is -1.92. The van der Waals surface area contributed by atoms with Crippen molar-refractivity contribution in [1.82, 2.24) is 0 Å². The second-order valence-corrected chi connectivity index (χ2v) is 7.71. The van der Waals surface area contributed by atoms with E-state index in [9.17, 15) is 14.4 Å². The number of ether oxygens (including phenoxy) is 3. The van der Waals surface area contributed by atoms with Crippen molar-refractivity contribution in [1.29, 1.82) is 0 Å². The van der Waals surface area contributed by atoms with Gasteiger partial charge in [0.05, 0.1) is 0 Å². The summed E-state index contributed by atoms with van der Waals surface area (Å²) in [6, 6.07) is 0. The molecule has 0 radical (unpaired) electrons. The normalized spacial score (nSPS) is 10.4. The Labute approximate surface area is 138 Å². The molecule has 0 aromatic carbocycles. The van der Waals surface area contributed by atoms with Crippen LogP contribution in [0, 0.1) is 0 Å². The predicted molar refractivity (Wildman–Crippen MR) is 73.5 cm³/mol. The second-order valence-electron chi connectivity index (χ2n) is 3.84. The molecule has 10 heteroatoms. The van der Waals surface area contributed by atoms with E-state index in [-0.39, 0.29) is 39.1 Å². The molecule has 0 heterocycles. The zero-order valence-corrected chi connectivity index (χ0v) is 16.3. The number of rotatable bonds is 12. The molecule has 0 saturated carbocycles. The van der Waals surface area contributed by atoms with Gasteiger partial charge in [-0.15, -0.1) is 0 Å². The van der Waals surface area contributed by atoms with Crippen LogP contribution < -0.4 is 0 Å². The molecule has 0 bridgehead atoms. The Kier molecular flexibility index (Phi) is 13.3. The molecular weight excluding hydrogens is 497 g/mol. The van der Waals surface area contributed by atoms with Gasteiger partial charge in [0.15, 0.2) is 0 Å². The third-order valence-electron chi connectivity index (χ3n) is 2.06. The van der Waals surface area contributed by atoms with Crippen molar-refractivity contribution in [3.8, 4) is 0 Å². The Morgan fingerprint density at radius 3 is 1.14 bits per heavy atom. The van der Waals surface area contributed by atoms with Crippen molar-refractivity contribution >= 4 is 41.0 Å². The van der Waals surface area contributed by atoms with Crippen LogP contribution in [-0.2, 0) is 37.0 Å². The Hall–Kier alpha value is -0.827. The molecule has 0 aliphatic carbocycles. The van der Waals surface area contributed by atoms with E-state index in [1.54, 1.807) is 0 Å². The van der Waals surface area contributed by atoms with Crippen molar-refractivity contribution < 1.29 is 37.0 Å². The predicted octanol–water partition coefficient (Wildman–Crippen LogP) is -0.290. The van der Waals surface area contributed by atoms with Gasteiger partial charge in [0.1, 0.15) is 0 Å². The van der Waals surface area contributed by atoms with Crippen LogP contribution in [0.3, 0.4) is 0 Å². The summed E-state index contributed by atoms with van der Waals surface area (Å²) < 4.78 is 29.1. The molecule has 0 N–H and O–H groups in total. The Balaban J connectivity index is 4.44. The first kappa shape index (κ1) is 21.2. The SMILES string of the molecule is COCCC(=O)[O][Bi]([O]C(=O)CCOC)[O]C(=O)CCOC. The molecule has 128 valence electrons. The van der Waals surface area contributed by atoms with Gasteiger partial charge in [0.2, 0.25) is 0 Å². The average molecular weight is 518 g/mol. The molecule has 0 unspecified atom stereocenters. The van der Waals surface area contributed by atoms with Crippen LogP contribution in [0.5, 0.6) is 0 Å². The summed E-state index contributed by atoms with van der Waals surface area (Å²) in [6.07, 6.45) is -0.0608. The van der Waals surface area contributed by atoms with Crippen LogP contribution in [-0.4, -0.2) is 82.1 Å². The van der Waals surface area contributed by atoms with E-state index in [1.165, 1.54) is 21.3 Å². The van der Waals surface area contributed by atoms with Crippen molar-refractivity contribution in [2.45, 2.75) is 19.3 Å². The van der Waals surface area contributed by atoms with Gasteiger partial charge in [-0.25, -0.2) is 0 Å². The van der Waals surface area contributed by atoms with Crippen LogP contribution in [0.4, 0.5) is 0 Å². The van der Waals surface area contributed by atoms with Gasteiger partial charge >= 0.3 is 138 Å². The second kappa shape index (κ2) is 13.8. The molecule has 0 aromatic heterocycles. The van der Waals surface area contributed by atoms with Crippen molar-refractivity contribution in [2.75, 3.05) is 41.2 Å². The van der Waals surface area contributed by atoms with Gasteiger partial charge in [0, 0.05) is 0 Å². The van der Waals surface area contributed by atoms with Gasteiger partial charge < -0.3 is 0 Å². The summed E-state index contributed by atoms with van der Waals surface area (Å²) in [5, 5.41) is 0. The number of methoxy groups -OCH3 is 3. The quantitative estimate of drug-likeness (QED) is 0.323. The molecule has 0 saturated heterocycles. The monoisotopic (exact) mass is 518 g/mol. The topological polar surface area (TPSA) is 107 Å². The maximum atomic E-state index is 11.5. The van der Waals surface area contributed by atoms with Crippen LogP contribution in [0.25, 0.3) is 0 Å².